The van der Waals surface area contributed by atoms with Gasteiger partial charge in [-0.15, -0.1) is 11.3 Å². The van der Waals surface area contributed by atoms with Gasteiger partial charge in [0, 0.05) is 20.0 Å². The molecular formula is C21H24BrNO6S. The topological polar surface area (TPSA) is 93.1 Å². The van der Waals surface area contributed by atoms with Gasteiger partial charge in [-0.25, -0.2) is 9.59 Å². The van der Waals surface area contributed by atoms with Crippen molar-refractivity contribution in [2.24, 2.45) is 5.92 Å². The van der Waals surface area contributed by atoms with E-state index in [2.05, 4.69) is 29.8 Å². The van der Waals surface area contributed by atoms with Crippen molar-refractivity contribution in [2.75, 3.05) is 20.3 Å². The summed E-state index contributed by atoms with van der Waals surface area (Å²) >= 11 is 4.59. The summed E-state index contributed by atoms with van der Waals surface area (Å²) in [6.07, 6.45) is 0. The van der Waals surface area contributed by atoms with Crippen LogP contribution in [0, 0.1) is 5.92 Å². The van der Waals surface area contributed by atoms with Crippen molar-refractivity contribution in [3.05, 3.63) is 39.2 Å². The van der Waals surface area contributed by atoms with Crippen LogP contribution in [0.15, 0.2) is 28.7 Å². The molecule has 0 radical (unpaired) electrons. The number of halogens is 1. The Morgan fingerprint density at radius 3 is 2.53 bits per heavy atom. The summed E-state index contributed by atoms with van der Waals surface area (Å²) < 4.78 is 10.6. The molecule has 0 aliphatic rings. The van der Waals surface area contributed by atoms with Gasteiger partial charge in [-0.05, 0) is 39.0 Å². The first-order valence-corrected chi connectivity index (χ1v) is 10.8. The molecule has 2 aromatic rings. The molecule has 162 valence electrons. The summed E-state index contributed by atoms with van der Waals surface area (Å²) in [5, 5.41) is 8.92. The third-order valence-electron chi connectivity index (χ3n) is 4.11. The van der Waals surface area contributed by atoms with Gasteiger partial charge in [-0.2, -0.15) is 0 Å². The fourth-order valence-corrected chi connectivity index (χ4v) is 4.82. The third kappa shape index (κ3) is 6.06. The first-order chi connectivity index (χ1) is 14.1. The van der Waals surface area contributed by atoms with Gasteiger partial charge in [0.1, 0.15) is 0 Å². The minimum absolute atomic E-state index is 0.00346. The number of amides is 1. The van der Waals surface area contributed by atoms with Crippen LogP contribution in [-0.2, 0) is 20.9 Å². The molecule has 9 heteroatoms. The molecule has 1 aromatic heterocycles. The first kappa shape index (κ1) is 23.9. The lowest BCUT2D eigenvalue weighted by Crippen LogP contribution is -2.31. The highest BCUT2D eigenvalue weighted by molar-refractivity contribution is 9.10. The van der Waals surface area contributed by atoms with Crippen molar-refractivity contribution in [1.82, 2.24) is 4.90 Å². The van der Waals surface area contributed by atoms with Gasteiger partial charge >= 0.3 is 11.9 Å². The number of methoxy groups -OCH3 is 1. The van der Waals surface area contributed by atoms with Gasteiger partial charge in [0.05, 0.1) is 16.5 Å². The quantitative estimate of drug-likeness (QED) is 0.515. The predicted octanol–water partition coefficient (Wildman–Crippen LogP) is 4.43. The minimum atomic E-state index is -1.15. The zero-order valence-electron chi connectivity index (χ0n) is 17.2. The third-order valence-corrected chi connectivity index (χ3v) is 6.33. The van der Waals surface area contributed by atoms with Crippen LogP contribution >= 0.6 is 27.3 Å². The summed E-state index contributed by atoms with van der Waals surface area (Å²) in [6.45, 7) is 6.21. The molecule has 0 saturated carbocycles. The van der Waals surface area contributed by atoms with Gasteiger partial charge < -0.3 is 19.5 Å². The number of carbonyl (C=O) groups excluding carboxylic acids is 2. The van der Waals surface area contributed by atoms with Crippen LogP contribution in [0.1, 0.15) is 36.0 Å². The Morgan fingerprint density at radius 2 is 1.97 bits per heavy atom. The van der Waals surface area contributed by atoms with Gasteiger partial charge in [-0.3, -0.25) is 4.79 Å². The number of hydrogen-bond acceptors (Lipinski definition) is 6. The Balaban J connectivity index is 2.41. The van der Waals surface area contributed by atoms with Crippen molar-refractivity contribution in [1.29, 1.82) is 0 Å². The SMILES string of the molecule is COC(=O)c1sc(-c2cccc(CN(CC(C)C)C(C)=O)c2)c(Br)c1OCC(=O)O. The van der Waals surface area contributed by atoms with E-state index in [1.54, 1.807) is 11.8 Å². The smallest absolute Gasteiger partial charge is 0.351 e. The van der Waals surface area contributed by atoms with E-state index < -0.39 is 18.5 Å². The van der Waals surface area contributed by atoms with E-state index in [0.717, 1.165) is 22.5 Å². The lowest BCUT2D eigenvalue weighted by atomic mass is 10.1. The maximum Gasteiger partial charge on any atom is 0.351 e. The Morgan fingerprint density at radius 1 is 1.27 bits per heavy atom. The molecule has 1 aromatic carbocycles. The largest absolute Gasteiger partial charge is 0.479 e. The van der Waals surface area contributed by atoms with E-state index in [1.165, 1.54) is 7.11 Å². The molecule has 7 nitrogen and oxygen atoms in total. The summed E-state index contributed by atoms with van der Waals surface area (Å²) in [4.78, 5) is 37.7. The van der Waals surface area contributed by atoms with Crippen molar-refractivity contribution < 1.29 is 29.0 Å². The maximum atomic E-state index is 12.2. The number of benzene rings is 1. The average Bonchev–Trinajstić information content (AvgIpc) is 3.01. The Kier molecular flexibility index (Phi) is 8.43. The van der Waals surface area contributed by atoms with Gasteiger partial charge in [-0.1, -0.05) is 32.0 Å². The number of carboxylic acid groups (broad SMARTS) is 1. The van der Waals surface area contributed by atoms with E-state index in [-0.39, 0.29) is 16.5 Å². The van der Waals surface area contributed by atoms with E-state index in [1.807, 2.05) is 24.3 Å². The van der Waals surface area contributed by atoms with Crippen LogP contribution < -0.4 is 4.74 Å². The van der Waals surface area contributed by atoms with Crippen LogP contribution in [0.5, 0.6) is 5.75 Å². The lowest BCUT2D eigenvalue weighted by molar-refractivity contribution is -0.139. The van der Waals surface area contributed by atoms with Crippen LogP contribution in [0.4, 0.5) is 0 Å². The van der Waals surface area contributed by atoms with Crippen LogP contribution in [0.25, 0.3) is 10.4 Å². The van der Waals surface area contributed by atoms with Gasteiger partial charge in [0.25, 0.3) is 0 Å². The molecule has 0 atom stereocenters. The minimum Gasteiger partial charge on any atom is -0.479 e. The molecule has 0 unspecified atom stereocenters. The molecule has 2 rings (SSSR count). The predicted molar refractivity (Wildman–Crippen MR) is 118 cm³/mol. The Bertz CT molecular complexity index is 940. The Hall–Kier alpha value is -2.39. The zero-order valence-corrected chi connectivity index (χ0v) is 19.6. The highest BCUT2D eigenvalue weighted by Crippen LogP contribution is 2.46. The van der Waals surface area contributed by atoms with Crippen molar-refractivity contribution in [3.63, 3.8) is 0 Å². The lowest BCUT2D eigenvalue weighted by Gasteiger charge is -2.23. The molecule has 1 amide bonds. The van der Waals surface area contributed by atoms with Crippen LogP contribution in [0.3, 0.4) is 0 Å². The molecule has 0 aliphatic heterocycles. The number of rotatable bonds is 9. The van der Waals surface area contributed by atoms with Crippen molar-refractivity contribution in [2.45, 2.75) is 27.3 Å². The molecule has 0 aliphatic carbocycles. The van der Waals surface area contributed by atoms with Crippen LogP contribution in [0.2, 0.25) is 0 Å². The van der Waals surface area contributed by atoms with E-state index in [9.17, 15) is 14.4 Å². The molecule has 0 saturated heterocycles. The monoisotopic (exact) mass is 497 g/mol. The summed E-state index contributed by atoms with van der Waals surface area (Å²) in [5.41, 5.74) is 1.75. The molecule has 0 fully saturated rings. The number of carboxylic acids is 1. The fraction of sp³-hybridized carbons (Fsp3) is 0.381. The summed E-state index contributed by atoms with van der Waals surface area (Å²) in [7, 11) is 1.25. The number of ether oxygens (including phenoxy) is 2. The second kappa shape index (κ2) is 10.6. The second-order valence-corrected chi connectivity index (χ2v) is 8.88. The molecule has 0 spiro atoms. The summed E-state index contributed by atoms with van der Waals surface area (Å²) in [5.74, 6) is -1.27. The molecule has 1 N–H and O–H groups in total. The Labute approximate surface area is 187 Å². The van der Waals surface area contributed by atoms with Crippen molar-refractivity contribution in [3.8, 4) is 16.2 Å². The number of aliphatic carboxylic acids is 1. The summed E-state index contributed by atoms with van der Waals surface area (Å²) in [6, 6.07) is 7.63. The number of thiophene rings is 1. The highest BCUT2D eigenvalue weighted by atomic mass is 79.9. The molecule has 30 heavy (non-hydrogen) atoms. The highest BCUT2D eigenvalue weighted by Gasteiger charge is 2.25. The van der Waals surface area contributed by atoms with E-state index in [0.29, 0.717) is 28.4 Å². The van der Waals surface area contributed by atoms with Crippen molar-refractivity contribution >= 4 is 45.1 Å². The average molecular weight is 498 g/mol. The number of carbonyl (C=O) groups is 3. The second-order valence-electron chi connectivity index (χ2n) is 7.07. The first-order valence-electron chi connectivity index (χ1n) is 9.24. The maximum absolute atomic E-state index is 12.2. The van der Waals surface area contributed by atoms with Gasteiger partial charge in [0.2, 0.25) is 5.91 Å². The fourth-order valence-electron chi connectivity index (χ4n) is 2.85. The molecule has 1 heterocycles. The van der Waals surface area contributed by atoms with Crippen LogP contribution in [-0.4, -0.2) is 48.1 Å². The zero-order chi connectivity index (χ0) is 22.4. The molecular weight excluding hydrogens is 474 g/mol. The van der Waals surface area contributed by atoms with E-state index >= 15 is 0 Å². The number of esters is 1. The molecule has 0 bridgehead atoms. The normalized spacial score (nSPS) is 10.7. The standard InChI is InChI=1S/C21H24BrNO6S/c1-12(2)9-23(13(3)24)10-14-6-5-7-15(8-14)19-17(22)18(29-11-16(25)26)20(30-19)21(27)28-4/h5-8,12H,9-11H2,1-4H3,(H,25,26). The van der Waals surface area contributed by atoms with Gasteiger partial charge in [0.15, 0.2) is 17.2 Å². The number of hydrogen-bond donors (Lipinski definition) is 1. The number of nitrogens with zero attached hydrogens (tertiary/aromatic N) is 1. The van der Waals surface area contributed by atoms with E-state index in [4.69, 9.17) is 14.6 Å².